The van der Waals surface area contributed by atoms with Crippen molar-refractivity contribution in [1.29, 1.82) is 0 Å². The molecule has 1 amide bonds. The molecule has 0 aromatic heterocycles. The van der Waals surface area contributed by atoms with Crippen LogP contribution in [-0.4, -0.2) is 59.9 Å². The van der Waals surface area contributed by atoms with E-state index >= 15 is 0 Å². The highest BCUT2D eigenvalue weighted by Gasteiger charge is 2.45. The number of carbonyl (C=O) groups excluding carboxylic acids is 2. The van der Waals surface area contributed by atoms with Crippen LogP contribution in [0.5, 0.6) is 5.75 Å². The van der Waals surface area contributed by atoms with Crippen molar-refractivity contribution < 1.29 is 19.4 Å². The van der Waals surface area contributed by atoms with E-state index < -0.39 is 17.7 Å². The number of likely N-dealkylation sites (tertiary alicyclic amines) is 1. The van der Waals surface area contributed by atoms with Crippen molar-refractivity contribution in [2.24, 2.45) is 0 Å². The second-order valence-corrected chi connectivity index (χ2v) is 8.19. The van der Waals surface area contributed by atoms with Gasteiger partial charge in [-0.1, -0.05) is 37.6 Å². The van der Waals surface area contributed by atoms with E-state index in [2.05, 4.69) is 18.7 Å². The zero-order valence-electron chi connectivity index (χ0n) is 18.9. The Morgan fingerprint density at radius 3 is 2.34 bits per heavy atom. The fourth-order valence-electron chi connectivity index (χ4n) is 4.07. The average molecular weight is 457 g/mol. The molecule has 0 saturated carbocycles. The zero-order chi connectivity index (χ0) is 23.4. The molecule has 6 nitrogen and oxygen atoms in total. The molecule has 32 heavy (non-hydrogen) atoms. The minimum atomic E-state index is -0.690. The van der Waals surface area contributed by atoms with Gasteiger partial charge in [-0.25, -0.2) is 0 Å². The summed E-state index contributed by atoms with van der Waals surface area (Å²) < 4.78 is 5.29. The molecule has 0 bridgehead atoms. The quantitative estimate of drug-likeness (QED) is 0.361. The summed E-state index contributed by atoms with van der Waals surface area (Å²) in [5.41, 5.74) is 2.08. The molecule has 7 heteroatoms. The molecule has 0 radical (unpaired) electrons. The standard InChI is InChI=1S/C25H29ClN2O4/c1-5-27(6-2)13-14-28-22(17-7-10-19(26)11-8-17)21(24(30)25(28)31)23(29)18-9-12-20(32-4)16(3)15-18/h7-12,15,22,29H,5-6,13-14H2,1-4H3. The third-order valence-corrected chi connectivity index (χ3v) is 6.20. The number of nitrogens with zero attached hydrogens (tertiary/aromatic N) is 2. The number of ketones is 1. The Balaban J connectivity index is 2.10. The molecule has 170 valence electrons. The van der Waals surface area contributed by atoms with Crippen LogP contribution in [-0.2, 0) is 9.59 Å². The fraction of sp³-hybridized carbons (Fsp3) is 0.360. The highest BCUT2D eigenvalue weighted by atomic mass is 35.5. The first kappa shape index (κ1) is 23.8. The lowest BCUT2D eigenvalue weighted by Gasteiger charge is -2.28. The van der Waals surface area contributed by atoms with Gasteiger partial charge in [-0.05, 0) is 61.5 Å². The van der Waals surface area contributed by atoms with E-state index in [-0.39, 0.29) is 11.3 Å². The van der Waals surface area contributed by atoms with E-state index in [9.17, 15) is 14.7 Å². The fourth-order valence-corrected chi connectivity index (χ4v) is 4.20. The number of hydrogen-bond donors (Lipinski definition) is 1. The molecule has 1 atom stereocenters. The molecule has 1 saturated heterocycles. The van der Waals surface area contributed by atoms with Gasteiger partial charge < -0.3 is 19.6 Å². The van der Waals surface area contributed by atoms with Crippen LogP contribution >= 0.6 is 11.6 Å². The Morgan fingerprint density at radius 2 is 1.78 bits per heavy atom. The highest BCUT2D eigenvalue weighted by molar-refractivity contribution is 6.46. The number of ether oxygens (including phenoxy) is 1. The Morgan fingerprint density at radius 1 is 1.12 bits per heavy atom. The summed E-state index contributed by atoms with van der Waals surface area (Å²) in [6.07, 6.45) is 0. The minimum Gasteiger partial charge on any atom is -0.507 e. The van der Waals surface area contributed by atoms with Crippen molar-refractivity contribution in [3.8, 4) is 5.75 Å². The number of aliphatic hydroxyl groups is 1. The number of Topliss-reactive ketones (excluding diaryl/α,β-unsaturated/α-hetero) is 1. The van der Waals surface area contributed by atoms with E-state index in [0.717, 1.165) is 24.2 Å². The highest BCUT2D eigenvalue weighted by Crippen LogP contribution is 2.40. The molecular weight excluding hydrogens is 428 g/mol. The lowest BCUT2D eigenvalue weighted by Crippen LogP contribution is -2.38. The van der Waals surface area contributed by atoms with Crippen molar-refractivity contribution in [3.05, 3.63) is 69.8 Å². The summed E-state index contributed by atoms with van der Waals surface area (Å²) in [6, 6.07) is 11.5. The van der Waals surface area contributed by atoms with Crippen molar-refractivity contribution in [2.45, 2.75) is 26.8 Å². The number of benzene rings is 2. The maximum atomic E-state index is 13.1. The molecule has 1 heterocycles. The van der Waals surface area contributed by atoms with Crippen molar-refractivity contribution in [3.63, 3.8) is 0 Å². The number of aryl methyl sites for hydroxylation is 1. The van der Waals surface area contributed by atoms with E-state index in [1.165, 1.54) is 0 Å². The number of aliphatic hydroxyl groups excluding tert-OH is 1. The van der Waals surface area contributed by atoms with Gasteiger partial charge in [-0.15, -0.1) is 0 Å². The Labute approximate surface area is 194 Å². The SMILES string of the molecule is CCN(CC)CCN1C(=O)C(=O)C(=C(O)c2ccc(OC)c(C)c2)C1c1ccc(Cl)cc1. The third kappa shape index (κ3) is 4.66. The Kier molecular flexibility index (Phi) is 7.59. The summed E-state index contributed by atoms with van der Waals surface area (Å²) in [5.74, 6) is -0.811. The number of rotatable bonds is 8. The normalized spacial score (nSPS) is 17.9. The molecule has 1 N–H and O–H groups in total. The van der Waals surface area contributed by atoms with Crippen LogP contribution in [0, 0.1) is 6.92 Å². The van der Waals surface area contributed by atoms with Crippen molar-refractivity contribution in [2.75, 3.05) is 33.3 Å². The first-order valence-electron chi connectivity index (χ1n) is 10.7. The molecule has 2 aromatic carbocycles. The van der Waals surface area contributed by atoms with Gasteiger partial charge in [0.05, 0.1) is 18.7 Å². The molecule has 0 aliphatic carbocycles. The summed E-state index contributed by atoms with van der Waals surface area (Å²) in [5, 5.41) is 11.7. The summed E-state index contributed by atoms with van der Waals surface area (Å²) in [6.45, 7) is 8.66. The smallest absolute Gasteiger partial charge is 0.295 e. The zero-order valence-corrected chi connectivity index (χ0v) is 19.6. The van der Waals surface area contributed by atoms with Crippen molar-refractivity contribution in [1.82, 2.24) is 9.80 Å². The molecular formula is C25H29ClN2O4. The average Bonchev–Trinajstić information content (AvgIpc) is 3.04. The topological polar surface area (TPSA) is 70.1 Å². The summed E-state index contributed by atoms with van der Waals surface area (Å²) in [4.78, 5) is 29.9. The monoisotopic (exact) mass is 456 g/mol. The molecule has 1 unspecified atom stereocenters. The third-order valence-electron chi connectivity index (χ3n) is 5.95. The van der Waals surface area contributed by atoms with Gasteiger partial charge in [0, 0.05) is 23.7 Å². The number of likely N-dealkylation sites (N-methyl/N-ethyl adjacent to an activating group) is 1. The second-order valence-electron chi connectivity index (χ2n) is 7.76. The van der Waals surface area contributed by atoms with Crippen LogP contribution < -0.4 is 4.74 Å². The van der Waals surface area contributed by atoms with Gasteiger partial charge in [-0.3, -0.25) is 9.59 Å². The van der Waals surface area contributed by atoms with Crippen LogP contribution in [0.15, 0.2) is 48.0 Å². The van der Waals surface area contributed by atoms with Gasteiger partial charge in [0.15, 0.2) is 0 Å². The first-order valence-corrected chi connectivity index (χ1v) is 11.1. The maximum absolute atomic E-state index is 13.1. The first-order chi connectivity index (χ1) is 15.3. The molecule has 3 rings (SSSR count). The van der Waals surface area contributed by atoms with Crippen LogP contribution in [0.4, 0.5) is 0 Å². The second kappa shape index (κ2) is 10.2. The van der Waals surface area contributed by atoms with Crippen molar-refractivity contribution >= 4 is 29.1 Å². The number of carbonyl (C=O) groups is 2. The lowest BCUT2D eigenvalue weighted by atomic mass is 9.95. The number of hydrogen-bond acceptors (Lipinski definition) is 5. The molecule has 1 aliphatic heterocycles. The lowest BCUT2D eigenvalue weighted by molar-refractivity contribution is -0.140. The number of amides is 1. The van der Waals surface area contributed by atoms with E-state index in [1.54, 1.807) is 54.5 Å². The number of methoxy groups -OCH3 is 1. The largest absolute Gasteiger partial charge is 0.507 e. The number of halogens is 1. The molecule has 2 aromatic rings. The Bertz CT molecular complexity index is 1030. The Hall–Kier alpha value is -2.83. The van der Waals surface area contributed by atoms with Gasteiger partial charge in [0.2, 0.25) is 0 Å². The van der Waals surface area contributed by atoms with Crippen LogP contribution in [0.25, 0.3) is 5.76 Å². The van der Waals surface area contributed by atoms with E-state index in [1.807, 2.05) is 6.92 Å². The van der Waals surface area contributed by atoms with E-state index in [0.29, 0.717) is 29.4 Å². The molecule has 1 fully saturated rings. The molecule has 0 spiro atoms. The maximum Gasteiger partial charge on any atom is 0.295 e. The van der Waals surface area contributed by atoms with Crippen LogP contribution in [0.3, 0.4) is 0 Å². The summed E-state index contributed by atoms with van der Waals surface area (Å²) >= 11 is 6.07. The van der Waals surface area contributed by atoms with E-state index in [4.69, 9.17) is 16.3 Å². The van der Waals surface area contributed by atoms with Gasteiger partial charge >= 0.3 is 0 Å². The predicted molar refractivity (Wildman–Crippen MR) is 126 cm³/mol. The minimum absolute atomic E-state index is 0.0847. The van der Waals surface area contributed by atoms with Crippen LogP contribution in [0.1, 0.15) is 36.6 Å². The van der Waals surface area contributed by atoms with Gasteiger partial charge in [-0.2, -0.15) is 0 Å². The van der Waals surface area contributed by atoms with Gasteiger partial charge in [0.1, 0.15) is 11.5 Å². The predicted octanol–water partition coefficient (Wildman–Crippen LogP) is 4.42. The van der Waals surface area contributed by atoms with Gasteiger partial charge in [0.25, 0.3) is 11.7 Å². The van der Waals surface area contributed by atoms with Crippen LogP contribution in [0.2, 0.25) is 5.02 Å². The molecule has 1 aliphatic rings. The summed E-state index contributed by atoms with van der Waals surface area (Å²) in [7, 11) is 1.57.